The Hall–Kier alpha value is -2.58. The zero-order valence-electron chi connectivity index (χ0n) is 13.8. The van der Waals surface area contributed by atoms with Crippen LogP contribution in [0, 0.1) is 0 Å². The molecule has 0 fully saturated rings. The second-order valence-electron chi connectivity index (χ2n) is 6.16. The topological polar surface area (TPSA) is 21.3 Å². The van der Waals surface area contributed by atoms with E-state index in [1.165, 1.54) is 27.8 Å². The highest BCUT2D eigenvalue weighted by Crippen LogP contribution is 2.42. The summed E-state index contributed by atoms with van der Waals surface area (Å²) in [4.78, 5) is 0. The Labute approximate surface area is 143 Å². The molecule has 0 saturated carbocycles. The molecule has 1 aliphatic rings. The number of benzene rings is 3. The Kier molecular flexibility index (Phi) is 4.06. The Bertz CT molecular complexity index is 793. The molecule has 2 nitrogen and oxygen atoms in total. The molecule has 120 valence electrons. The summed E-state index contributed by atoms with van der Waals surface area (Å²) in [5, 5.41) is 3.74. The van der Waals surface area contributed by atoms with Crippen molar-refractivity contribution in [3.63, 3.8) is 0 Å². The van der Waals surface area contributed by atoms with Gasteiger partial charge in [0.1, 0.15) is 5.75 Å². The van der Waals surface area contributed by atoms with Gasteiger partial charge in [0.15, 0.2) is 0 Å². The summed E-state index contributed by atoms with van der Waals surface area (Å²) in [6, 6.07) is 26.0. The normalized spacial score (nSPS) is 12.7. The lowest BCUT2D eigenvalue weighted by Crippen LogP contribution is -2.23. The molecule has 1 aliphatic carbocycles. The number of rotatable bonds is 5. The van der Waals surface area contributed by atoms with Crippen LogP contribution in [0.25, 0.3) is 11.1 Å². The molecule has 24 heavy (non-hydrogen) atoms. The minimum Gasteiger partial charge on any atom is -0.497 e. The zero-order valence-corrected chi connectivity index (χ0v) is 13.8. The van der Waals surface area contributed by atoms with E-state index in [0.717, 1.165) is 18.7 Å². The first-order chi connectivity index (χ1) is 11.9. The van der Waals surface area contributed by atoms with Crippen molar-refractivity contribution < 1.29 is 4.74 Å². The van der Waals surface area contributed by atoms with Gasteiger partial charge < -0.3 is 10.1 Å². The molecule has 3 aromatic carbocycles. The van der Waals surface area contributed by atoms with Crippen molar-refractivity contribution in [3.05, 3.63) is 89.5 Å². The second-order valence-corrected chi connectivity index (χ2v) is 6.16. The van der Waals surface area contributed by atoms with Gasteiger partial charge in [-0.05, 0) is 46.4 Å². The summed E-state index contributed by atoms with van der Waals surface area (Å²) < 4.78 is 5.22. The molecule has 0 atom stereocenters. The van der Waals surface area contributed by atoms with E-state index in [2.05, 4.69) is 66.0 Å². The standard InChI is InChI=1S/C22H21NO/c1-24-17-12-10-16(11-13-17)14-15-23-22-20-8-4-2-6-18(20)19-7-3-5-9-21(19)22/h2-13,22-23H,14-15H2,1H3. The first kappa shape index (κ1) is 15.0. The molecule has 0 aliphatic heterocycles. The van der Waals surface area contributed by atoms with Crippen LogP contribution in [0.2, 0.25) is 0 Å². The van der Waals surface area contributed by atoms with E-state index in [1.807, 2.05) is 12.1 Å². The van der Waals surface area contributed by atoms with Crippen molar-refractivity contribution in [2.45, 2.75) is 12.5 Å². The van der Waals surface area contributed by atoms with Gasteiger partial charge >= 0.3 is 0 Å². The molecular formula is C22H21NO. The fourth-order valence-corrected chi connectivity index (χ4v) is 3.53. The monoisotopic (exact) mass is 315 g/mol. The Morgan fingerprint density at radius 3 is 1.96 bits per heavy atom. The van der Waals surface area contributed by atoms with Gasteiger partial charge in [-0.15, -0.1) is 0 Å². The first-order valence-corrected chi connectivity index (χ1v) is 8.41. The van der Waals surface area contributed by atoms with Crippen LogP contribution in [-0.4, -0.2) is 13.7 Å². The van der Waals surface area contributed by atoms with E-state index in [-0.39, 0.29) is 6.04 Å². The van der Waals surface area contributed by atoms with E-state index in [4.69, 9.17) is 4.74 Å². The third-order valence-electron chi connectivity index (χ3n) is 4.75. The van der Waals surface area contributed by atoms with E-state index in [9.17, 15) is 0 Å². The molecule has 0 aromatic heterocycles. The van der Waals surface area contributed by atoms with Gasteiger partial charge in [-0.25, -0.2) is 0 Å². The van der Waals surface area contributed by atoms with Crippen molar-refractivity contribution in [2.75, 3.05) is 13.7 Å². The van der Waals surface area contributed by atoms with Gasteiger partial charge in [0.05, 0.1) is 13.2 Å². The Morgan fingerprint density at radius 1 is 0.792 bits per heavy atom. The minimum atomic E-state index is 0.288. The molecule has 0 spiro atoms. The van der Waals surface area contributed by atoms with Crippen LogP contribution in [0.15, 0.2) is 72.8 Å². The Morgan fingerprint density at radius 2 is 1.38 bits per heavy atom. The van der Waals surface area contributed by atoms with Gasteiger partial charge in [0.2, 0.25) is 0 Å². The predicted molar refractivity (Wildman–Crippen MR) is 98.4 cm³/mol. The molecular weight excluding hydrogens is 294 g/mol. The molecule has 0 saturated heterocycles. The van der Waals surface area contributed by atoms with E-state index in [1.54, 1.807) is 7.11 Å². The van der Waals surface area contributed by atoms with Crippen molar-refractivity contribution >= 4 is 0 Å². The number of methoxy groups -OCH3 is 1. The highest BCUT2D eigenvalue weighted by molar-refractivity contribution is 5.78. The van der Waals surface area contributed by atoms with Gasteiger partial charge in [-0.3, -0.25) is 0 Å². The van der Waals surface area contributed by atoms with E-state index >= 15 is 0 Å². The third-order valence-corrected chi connectivity index (χ3v) is 4.75. The lowest BCUT2D eigenvalue weighted by Gasteiger charge is -2.16. The molecule has 0 unspecified atom stereocenters. The van der Waals surface area contributed by atoms with Gasteiger partial charge in [-0.2, -0.15) is 0 Å². The number of ether oxygens (including phenoxy) is 1. The Balaban J connectivity index is 1.50. The molecule has 0 bridgehead atoms. The summed E-state index contributed by atoms with van der Waals surface area (Å²) in [5.41, 5.74) is 6.80. The molecule has 0 amide bonds. The van der Waals surface area contributed by atoms with E-state index < -0.39 is 0 Å². The summed E-state index contributed by atoms with van der Waals surface area (Å²) >= 11 is 0. The SMILES string of the molecule is COc1ccc(CCNC2c3ccccc3-c3ccccc32)cc1. The average molecular weight is 315 g/mol. The fourth-order valence-electron chi connectivity index (χ4n) is 3.53. The first-order valence-electron chi connectivity index (χ1n) is 8.41. The summed E-state index contributed by atoms with van der Waals surface area (Å²) in [6.45, 7) is 0.944. The highest BCUT2D eigenvalue weighted by atomic mass is 16.5. The van der Waals surface area contributed by atoms with Crippen molar-refractivity contribution in [3.8, 4) is 16.9 Å². The summed E-state index contributed by atoms with van der Waals surface area (Å²) in [5.74, 6) is 0.908. The van der Waals surface area contributed by atoms with Crippen molar-refractivity contribution in [1.29, 1.82) is 0 Å². The van der Waals surface area contributed by atoms with Crippen LogP contribution in [-0.2, 0) is 6.42 Å². The quantitative estimate of drug-likeness (QED) is 0.743. The van der Waals surface area contributed by atoms with Crippen LogP contribution in [0.3, 0.4) is 0 Å². The predicted octanol–water partition coefficient (Wildman–Crippen LogP) is 4.60. The van der Waals surface area contributed by atoms with Crippen molar-refractivity contribution in [1.82, 2.24) is 5.32 Å². The van der Waals surface area contributed by atoms with Gasteiger partial charge in [0.25, 0.3) is 0 Å². The fraction of sp³-hybridized carbons (Fsp3) is 0.182. The van der Waals surface area contributed by atoms with Crippen molar-refractivity contribution in [2.24, 2.45) is 0 Å². The van der Waals surface area contributed by atoms with Gasteiger partial charge in [0, 0.05) is 6.54 Å². The number of hydrogen-bond donors (Lipinski definition) is 1. The third kappa shape index (κ3) is 2.70. The van der Waals surface area contributed by atoms with Gasteiger partial charge in [-0.1, -0.05) is 60.7 Å². The molecule has 3 aromatic rings. The highest BCUT2D eigenvalue weighted by Gasteiger charge is 2.27. The maximum Gasteiger partial charge on any atom is 0.118 e. The molecule has 0 heterocycles. The smallest absolute Gasteiger partial charge is 0.118 e. The van der Waals surface area contributed by atoms with E-state index in [0.29, 0.717) is 0 Å². The van der Waals surface area contributed by atoms with Crippen LogP contribution in [0.5, 0.6) is 5.75 Å². The maximum atomic E-state index is 5.22. The zero-order chi connectivity index (χ0) is 16.4. The largest absolute Gasteiger partial charge is 0.497 e. The second kappa shape index (κ2) is 6.50. The van der Waals surface area contributed by atoms with Crippen LogP contribution in [0.4, 0.5) is 0 Å². The molecule has 4 rings (SSSR count). The average Bonchev–Trinajstić information content (AvgIpc) is 2.97. The summed E-state index contributed by atoms with van der Waals surface area (Å²) in [6.07, 6.45) is 1.00. The summed E-state index contributed by atoms with van der Waals surface area (Å²) in [7, 11) is 1.70. The number of nitrogens with one attached hydrogen (secondary N) is 1. The lowest BCUT2D eigenvalue weighted by atomic mass is 10.0. The molecule has 2 heteroatoms. The van der Waals surface area contributed by atoms with Crippen LogP contribution in [0.1, 0.15) is 22.7 Å². The number of hydrogen-bond acceptors (Lipinski definition) is 2. The lowest BCUT2D eigenvalue weighted by molar-refractivity contribution is 0.414. The van der Waals surface area contributed by atoms with Crippen LogP contribution < -0.4 is 10.1 Å². The molecule has 1 N–H and O–H groups in total. The maximum absolute atomic E-state index is 5.22. The molecule has 0 radical (unpaired) electrons. The minimum absolute atomic E-state index is 0.288. The number of fused-ring (bicyclic) bond motifs is 3. The van der Waals surface area contributed by atoms with Crippen LogP contribution >= 0.6 is 0 Å².